The zero-order valence-corrected chi connectivity index (χ0v) is 17.8. The van der Waals surface area contributed by atoms with Crippen LogP contribution < -0.4 is 15.6 Å². The summed E-state index contributed by atoms with van der Waals surface area (Å²) < 4.78 is 14.1. The summed E-state index contributed by atoms with van der Waals surface area (Å²) in [7, 11) is 0. The second-order valence-electron chi connectivity index (χ2n) is 7.26. The van der Waals surface area contributed by atoms with Gasteiger partial charge in [0.1, 0.15) is 5.82 Å². The first-order chi connectivity index (χ1) is 14.6. The molecule has 3 aromatic rings. The number of hydrazone groups is 1. The van der Waals surface area contributed by atoms with E-state index in [4.69, 9.17) is 0 Å². The lowest BCUT2D eigenvalue weighted by atomic mass is 10.0. The van der Waals surface area contributed by atoms with Gasteiger partial charge >= 0.3 is 0 Å². The van der Waals surface area contributed by atoms with E-state index in [2.05, 4.69) is 42.6 Å². The molecule has 7 nitrogen and oxygen atoms in total. The number of benzene rings is 1. The van der Waals surface area contributed by atoms with E-state index in [1.54, 1.807) is 35.8 Å². The fraction of sp³-hybridized carbons (Fsp3) is 0.333. The molecule has 0 bridgehead atoms. The van der Waals surface area contributed by atoms with Crippen molar-refractivity contribution in [2.75, 3.05) is 22.2 Å². The highest BCUT2D eigenvalue weighted by Gasteiger charge is 2.22. The van der Waals surface area contributed by atoms with Crippen molar-refractivity contribution < 1.29 is 4.39 Å². The molecule has 2 N–H and O–H groups in total. The number of piperidine rings is 1. The first kappa shape index (κ1) is 20.2. The van der Waals surface area contributed by atoms with Crippen LogP contribution in [0.2, 0.25) is 0 Å². The molecule has 1 aliphatic rings. The van der Waals surface area contributed by atoms with Gasteiger partial charge in [0.2, 0.25) is 17.8 Å². The van der Waals surface area contributed by atoms with Crippen molar-refractivity contribution in [1.29, 1.82) is 0 Å². The van der Waals surface area contributed by atoms with E-state index >= 15 is 0 Å². The highest BCUT2D eigenvalue weighted by Crippen LogP contribution is 2.25. The van der Waals surface area contributed by atoms with E-state index in [0.717, 1.165) is 29.8 Å². The van der Waals surface area contributed by atoms with Crippen molar-refractivity contribution >= 4 is 41.1 Å². The molecule has 9 heteroatoms. The molecule has 0 unspecified atom stereocenters. The molecule has 1 atom stereocenters. The molecule has 1 aromatic carbocycles. The zero-order chi connectivity index (χ0) is 20.9. The molecule has 3 heterocycles. The Morgan fingerprint density at radius 3 is 2.77 bits per heavy atom. The predicted octanol–water partition coefficient (Wildman–Crippen LogP) is 4.95. The standard InChI is InChI=1S/C21H24FN7S/c1-14-10-12-30-18(14)13-23-28-20-25-19(24-17-9-4-3-8-16(17)22)26-21(27-20)29-11-6-5-7-15(29)2/h3-4,8-10,12-13,15H,5-7,11H2,1-2H3,(H2,24,25,26,27,28)/b23-13-/t15-/m0/s1. The molecule has 1 saturated heterocycles. The van der Waals surface area contributed by atoms with E-state index in [-0.39, 0.29) is 11.8 Å². The molecule has 30 heavy (non-hydrogen) atoms. The SMILES string of the molecule is Cc1ccsc1/C=N\Nc1nc(Nc2ccccc2F)nc(N2CCCC[C@@H]2C)n1. The van der Waals surface area contributed by atoms with E-state index in [1.807, 2.05) is 18.4 Å². The molecule has 1 aliphatic heterocycles. The summed E-state index contributed by atoms with van der Waals surface area (Å²) in [6.45, 7) is 5.08. The number of hydrogen-bond donors (Lipinski definition) is 2. The molecule has 0 spiro atoms. The van der Waals surface area contributed by atoms with E-state index in [9.17, 15) is 4.39 Å². The third-order valence-corrected chi connectivity index (χ3v) is 6.01. The van der Waals surface area contributed by atoms with Crippen LogP contribution in [0.4, 0.5) is 27.9 Å². The first-order valence-electron chi connectivity index (χ1n) is 9.97. The van der Waals surface area contributed by atoms with Gasteiger partial charge in [-0.2, -0.15) is 20.1 Å². The number of rotatable bonds is 6. The molecule has 0 aliphatic carbocycles. The van der Waals surface area contributed by atoms with Gasteiger partial charge in [-0.3, -0.25) is 0 Å². The van der Waals surface area contributed by atoms with Gasteiger partial charge in [0.25, 0.3) is 0 Å². The normalized spacial score (nSPS) is 16.8. The Kier molecular flexibility index (Phi) is 6.18. The van der Waals surface area contributed by atoms with Crippen LogP contribution in [0.15, 0.2) is 40.8 Å². The van der Waals surface area contributed by atoms with Gasteiger partial charge in [0.05, 0.1) is 11.9 Å². The Morgan fingerprint density at radius 1 is 1.17 bits per heavy atom. The molecule has 0 radical (unpaired) electrons. The molecular weight excluding hydrogens is 401 g/mol. The number of hydrogen-bond acceptors (Lipinski definition) is 8. The van der Waals surface area contributed by atoms with Gasteiger partial charge in [-0.25, -0.2) is 9.82 Å². The molecular formula is C21H24FN7S. The predicted molar refractivity (Wildman–Crippen MR) is 120 cm³/mol. The van der Waals surface area contributed by atoms with Crippen LogP contribution in [-0.4, -0.2) is 33.8 Å². The molecule has 0 amide bonds. The Labute approximate surface area is 179 Å². The van der Waals surface area contributed by atoms with Crippen LogP contribution in [0.3, 0.4) is 0 Å². The fourth-order valence-electron chi connectivity index (χ4n) is 3.34. The van der Waals surface area contributed by atoms with Crippen LogP contribution in [0.1, 0.15) is 36.6 Å². The summed E-state index contributed by atoms with van der Waals surface area (Å²) in [4.78, 5) is 16.7. The van der Waals surface area contributed by atoms with Crippen molar-refractivity contribution in [3.05, 3.63) is 52.0 Å². The van der Waals surface area contributed by atoms with Crippen molar-refractivity contribution in [3.63, 3.8) is 0 Å². The lowest BCUT2D eigenvalue weighted by molar-refractivity contribution is 0.477. The Hall–Kier alpha value is -3.07. The Morgan fingerprint density at radius 2 is 2.00 bits per heavy atom. The van der Waals surface area contributed by atoms with Crippen molar-refractivity contribution in [2.24, 2.45) is 5.10 Å². The van der Waals surface area contributed by atoms with E-state index in [0.29, 0.717) is 23.6 Å². The summed E-state index contributed by atoms with van der Waals surface area (Å²) in [5, 5.41) is 9.26. The second kappa shape index (κ2) is 9.17. The highest BCUT2D eigenvalue weighted by molar-refractivity contribution is 7.11. The van der Waals surface area contributed by atoms with Gasteiger partial charge in [0, 0.05) is 17.5 Å². The minimum absolute atomic E-state index is 0.271. The van der Waals surface area contributed by atoms with E-state index < -0.39 is 0 Å². The number of aryl methyl sites for hydroxylation is 1. The second-order valence-corrected chi connectivity index (χ2v) is 8.21. The number of nitrogens with zero attached hydrogens (tertiary/aromatic N) is 5. The maximum Gasteiger partial charge on any atom is 0.250 e. The Balaban J connectivity index is 1.62. The maximum atomic E-state index is 14.1. The molecule has 0 saturated carbocycles. The fourth-order valence-corrected chi connectivity index (χ4v) is 4.13. The number of halogens is 1. The highest BCUT2D eigenvalue weighted by atomic mass is 32.1. The Bertz CT molecular complexity index is 1040. The lowest BCUT2D eigenvalue weighted by Crippen LogP contribution is -2.38. The summed E-state index contributed by atoms with van der Waals surface area (Å²) in [5.41, 5.74) is 4.37. The quantitative estimate of drug-likeness (QED) is 0.430. The molecule has 4 rings (SSSR count). The van der Waals surface area contributed by atoms with Gasteiger partial charge in [0.15, 0.2) is 0 Å². The monoisotopic (exact) mass is 425 g/mol. The smallest absolute Gasteiger partial charge is 0.250 e. The maximum absolute atomic E-state index is 14.1. The summed E-state index contributed by atoms with van der Waals surface area (Å²) in [6, 6.07) is 8.81. The number of para-hydroxylation sites is 1. The average Bonchev–Trinajstić information content (AvgIpc) is 3.15. The number of thiophene rings is 1. The minimum atomic E-state index is -0.369. The van der Waals surface area contributed by atoms with Gasteiger partial charge in [-0.05, 0) is 62.3 Å². The summed E-state index contributed by atoms with van der Waals surface area (Å²) >= 11 is 1.61. The average molecular weight is 426 g/mol. The summed E-state index contributed by atoms with van der Waals surface area (Å²) in [5.74, 6) is 0.766. The van der Waals surface area contributed by atoms with Crippen molar-refractivity contribution in [1.82, 2.24) is 15.0 Å². The van der Waals surface area contributed by atoms with Crippen molar-refractivity contribution in [2.45, 2.75) is 39.2 Å². The van der Waals surface area contributed by atoms with E-state index in [1.165, 1.54) is 12.5 Å². The summed E-state index contributed by atoms with van der Waals surface area (Å²) in [6.07, 6.45) is 5.11. The largest absolute Gasteiger partial charge is 0.338 e. The van der Waals surface area contributed by atoms with Gasteiger partial charge in [-0.15, -0.1) is 11.3 Å². The molecule has 1 fully saturated rings. The van der Waals surface area contributed by atoms with Gasteiger partial charge < -0.3 is 10.2 Å². The number of nitrogens with one attached hydrogen (secondary N) is 2. The number of anilines is 4. The zero-order valence-electron chi connectivity index (χ0n) is 17.0. The van der Waals surface area contributed by atoms with Crippen LogP contribution in [0.5, 0.6) is 0 Å². The van der Waals surface area contributed by atoms with Crippen LogP contribution in [-0.2, 0) is 0 Å². The third kappa shape index (κ3) is 4.73. The first-order valence-corrected chi connectivity index (χ1v) is 10.9. The molecule has 2 aromatic heterocycles. The van der Waals surface area contributed by atoms with Crippen LogP contribution in [0.25, 0.3) is 0 Å². The number of aromatic nitrogens is 3. The van der Waals surface area contributed by atoms with Crippen LogP contribution >= 0.6 is 11.3 Å². The van der Waals surface area contributed by atoms with Crippen molar-refractivity contribution in [3.8, 4) is 0 Å². The topological polar surface area (TPSA) is 78.3 Å². The van der Waals surface area contributed by atoms with Gasteiger partial charge in [-0.1, -0.05) is 12.1 Å². The third-order valence-electron chi connectivity index (χ3n) is 5.05. The van der Waals surface area contributed by atoms with Crippen LogP contribution in [0, 0.1) is 12.7 Å². The minimum Gasteiger partial charge on any atom is -0.338 e. The molecule has 156 valence electrons. The lowest BCUT2D eigenvalue weighted by Gasteiger charge is -2.33.